The van der Waals surface area contributed by atoms with E-state index >= 15 is 0 Å². The molecule has 0 amide bonds. The van der Waals surface area contributed by atoms with Gasteiger partial charge in [-0.1, -0.05) is 37.1 Å². The number of ether oxygens (including phenoxy) is 1. The molecule has 0 aliphatic rings. The lowest BCUT2D eigenvalue weighted by atomic mass is 10.0. The Hall–Kier alpha value is -0.820. The van der Waals surface area contributed by atoms with Crippen LogP contribution in [0.25, 0.3) is 0 Å². The number of unbranched alkanes of at least 4 members (excludes halogenated alkanes) is 3. The Morgan fingerprint density at radius 2 is 1.73 bits per heavy atom. The van der Waals surface area contributed by atoms with E-state index in [1.54, 1.807) is 7.11 Å². The predicted molar refractivity (Wildman–Crippen MR) is 65.2 cm³/mol. The molecule has 0 aliphatic heterocycles. The van der Waals surface area contributed by atoms with Crippen LogP contribution in [-0.2, 0) is 11.2 Å². The highest BCUT2D eigenvalue weighted by Crippen LogP contribution is 2.11. The minimum Gasteiger partial charge on any atom is -0.385 e. The fourth-order valence-corrected chi connectivity index (χ4v) is 1.81. The largest absolute Gasteiger partial charge is 0.385 e. The molecule has 1 aromatic rings. The van der Waals surface area contributed by atoms with E-state index in [0.717, 1.165) is 6.61 Å². The first kappa shape index (κ1) is 12.3. The molecule has 0 aliphatic carbocycles. The molecule has 0 unspecified atom stereocenters. The van der Waals surface area contributed by atoms with Gasteiger partial charge in [-0.25, -0.2) is 0 Å². The molecule has 0 fully saturated rings. The smallest absolute Gasteiger partial charge is 0.0462 e. The maximum absolute atomic E-state index is 5.03. The van der Waals surface area contributed by atoms with Gasteiger partial charge in [-0.05, 0) is 37.3 Å². The monoisotopic (exact) mass is 206 g/mol. The van der Waals surface area contributed by atoms with Gasteiger partial charge in [0, 0.05) is 13.7 Å². The zero-order valence-corrected chi connectivity index (χ0v) is 9.96. The summed E-state index contributed by atoms with van der Waals surface area (Å²) in [4.78, 5) is 0. The molecule has 1 aromatic carbocycles. The minimum absolute atomic E-state index is 0.907. The molecule has 1 rings (SSSR count). The highest BCUT2D eigenvalue weighted by molar-refractivity contribution is 5.25. The zero-order chi connectivity index (χ0) is 10.9. The molecule has 0 bridgehead atoms. The molecular weight excluding hydrogens is 184 g/mol. The van der Waals surface area contributed by atoms with Gasteiger partial charge in [-0.2, -0.15) is 0 Å². The molecule has 84 valence electrons. The molecule has 0 aromatic heterocycles. The van der Waals surface area contributed by atoms with Crippen molar-refractivity contribution in [2.24, 2.45) is 0 Å². The molecule has 0 saturated carbocycles. The summed E-state index contributed by atoms with van der Waals surface area (Å²) < 4.78 is 5.03. The second-order valence-corrected chi connectivity index (χ2v) is 4.08. The number of hydrogen-bond acceptors (Lipinski definition) is 1. The second kappa shape index (κ2) is 7.47. The van der Waals surface area contributed by atoms with Crippen LogP contribution in [0, 0.1) is 6.92 Å². The van der Waals surface area contributed by atoms with Crippen molar-refractivity contribution in [1.82, 2.24) is 0 Å². The average Bonchev–Trinajstić information content (AvgIpc) is 2.25. The van der Waals surface area contributed by atoms with E-state index in [0.29, 0.717) is 0 Å². The van der Waals surface area contributed by atoms with Gasteiger partial charge in [0.1, 0.15) is 0 Å². The van der Waals surface area contributed by atoms with Crippen molar-refractivity contribution in [3.8, 4) is 0 Å². The number of methoxy groups -OCH3 is 1. The first-order chi connectivity index (χ1) is 7.34. The lowest BCUT2D eigenvalue weighted by molar-refractivity contribution is 0.192. The maximum Gasteiger partial charge on any atom is 0.0462 e. The second-order valence-electron chi connectivity index (χ2n) is 4.08. The van der Waals surface area contributed by atoms with Crippen LogP contribution in [-0.4, -0.2) is 13.7 Å². The van der Waals surface area contributed by atoms with Crippen LogP contribution in [0.4, 0.5) is 0 Å². The lowest BCUT2D eigenvalue weighted by Crippen LogP contribution is -1.91. The Morgan fingerprint density at radius 1 is 1.00 bits per heavy atom. The SMILES string of the molecule is COCCCCCCc1ccccc1C. The molecule has 1 heteroatoms. The van der Waals surface area contributed by atoms with Gasteiger partial charge in [0.05, 0.1) is 0 Å². The van der Waals surface area contributed by atoms with Crippen molar-refractivity contribution in [2.45, 2.75) is 39.0 Å². The average molecular weight is 206 g/mol. The van der Waals surface area contributed by atoms with E-state index in [4.69, 9.17) is 4.74 Å². The van der Waals surface area contributed by atoms with Crippen LogP contribution in [0.5, 0.6) is 0 Å². The Labute approximate surface area is 93.5 Å². The van der Waals surface area contributed by atoms with Crippen molar-refractivity contribution in [3.63, 3.8) is 0 Å². The normalized spacial score (nSPS) is 10.5. The number of benzene rings is 1. The summed E-state index contributed by atoms with van der Waals surface area (Å²) in [5.41, 5.74) is 2.93. The molecule has 0 spiro atoms. The van der Waals surface area contributed by atoms with Gasteiger partial charge in [-0.15, -0.1) is 0 Å². The van der Waals surface area contributed by atoms with E-state index in [9.17, 15) is 0 Å². The van der Waals surface area contributed by atoms with Crippen LogP contribution < -0.4 is 0 Å². The minimum atomic E-state index is 0.907. The topological polar surface area (TPSA) is 9.23 Å². The van der Waals surface area contributed by atoms with E-state index in [2.05, 4.69) is 31.2 Å². The molecule has 0 N–H and O–H groups in total. The van der Waals surface area contributed by atoms with Gasteiger partial charge in [-0.3, -0.25) is 0 Å². The Bertz CT molecular complexity index is 268. The molecule has 0 saturated heterocycles. The van der Waals surface area contributed by atoms with Crippen molar-refractivity contribution in [3.05, 3.63) is 35.4 Å². The van der Waals surface area contributed by atoms with Gasteiger partial charge in [0.2, 0.25) is 0 Å². The van der Waals surface area contributed by atoms with Gasteiger partial charge < -0.3 is 4.74 Å². The maximum atomic E-state index is 5.03. The van der Waals surface area contributed by atoms with E-state index in [-0.39, 0.29) is 0 Å². The predicted octanol–water partition coefficient (Wildman–Crippen LogP) is 3.74. The van der Waals surface area contributed by atoms with E-state index < -0.39 is 0 Å². The summed E-state index contributed by atoms with van der Waals surface area (Å²) in [7, 11) is 1.77. The summed E-state index contributed by atoms with van der Waals surface area (Å²) in [5, 5.41) is 0. The van der Waals surface area contributed by atoms with Gasteiger partial charge in [0.15, 0.2) is 0 Å². The summed E-state index contributed by atoms with van der Waals surface area (Å²) in [6.07, 6.45) is 6.33. The summed E-state index contributed by atoms with van der Waals surface area (Å²) >= 11 is 0. The third-order valence-corrected chi connectivity index (χ3v) is 2.81. The number of rotatable bonds is 7. The molecule has 1 nitrogen and oxygen atoms in total. The van der Waals surface area contributed by atoms with Crippen LogP contribution in [0.15, 0.2) is 24.3 Å². The number of hydrogen-bond donors (Lipinski definition) is 0. The fourth-order valence-electron chi connectivity index (χ4n) is 1.81. The standard InChI is InChI=1S/C14H22O/c1-13-9-6-7-11-14(13)10-5-3-4-8-12-15-2/h6-7,9,11H,3-5,8,10,12H2,1-2H3. The zero-order valence-electron chi connectivity index (χ0n) is 9.96. The van der Waals surface area contributed by atoms with Crippen LogP contribution >= 0.6 is 0 Å². The quantitative estimate of drug-likeness (QED) is 0.617. The summed E-state index contributed by atoms with van der Waals surface area (Å²) in [6, 6.07) is 8.68. The molecule has 0 radical (unpaired) electrons. The van der Waals surface area contributed by atoms with Crippen LogP contribution in [0.1, 0.15) is 36.8 Å². The summed E-state index contributed by atoms with van der Waals surface area (Å²) in [5.74, 6) is 0. The Morgan fingerprint density at radius 3 is 2.47 bits per heavy atom. The first-order valence-electron chi connectivity index (χ1n) is 5.88. The Balaban J connectivity index is 2.12. The van der Waals surface area contributed by atoms with Crippen LogP contribution in [0.2, 0.25) is 0 Å². The third kappa shape index (κ3) is 4.98. The first-order valence-corrected chi connectivity index (χ1v) is 5.88. The van der Waals surface area contributed by atoms with Crippen LogP contribution in [0.3, 0.4) is 0 Å². The van der Waals surface area contributed by atoms with E-state index in [1.807, 2.05) is 0 Å². The Kier molecular flexibility index (Phi) is 6.10. The molecular formula is C14H22O. The van der Waals surface area contributed by atoms with Crippen molar-refractivity contribution >= 4 is 0 Å². The molecule has 15 heavy (non-hydrogen) atoms. The van der Waals surface area contributed by atoms with Crippen molar-refractivity contribution in [2.75, 3.05) is 13.7 Å². The fraction of sp³-hybridized carbons (Fsp3) is 0.571. The van der Waals surface area contributed by atoms with Crippen molar-refractivity contribution in [1.29, 1.82) is 0 Å². The summed E-state index contributed by atoms with van der Waals surface area (Å²) in [6.45, 7) is 3.10. The highest BCUT2D eigenvalue weighted by atomic mass is 16.5. The van der Waals surface area contributed by atoms with Gasteiger partial charge in [0.25, 0.3) is 0 Å². The van der Waals surface area contributed by atoms with Crippen molar-refractivity contribution < 1.29 is 4.74 Å². The molecule has 0 heterocycles. The number of aryl methyl sites for hydroxylation is 2. The molecule has 0 atom stereocenters. The third-order valence-electron chi connectivity index (χ3n) is 2.81. The van der Waals surface area contributed by atoms with Gasteiger partial charge >= 0.3 is 0 Å². The van der Waals surface area contributed by atoms with E-state index in [1.165, 1.54) is 43.2 Å². The highest BCUT2D eigenvalue weighted by Gasteiger charge is 1.96. The lowest BCUT2D eigenvalue weighted by Gasteiger charge is -2.05.